The molecule has 0 radical (unpaired) electrons. The van der Waals surface area contributed by atoms with Crippen LogP contribution in [0.4, 0.5) is 17.6 Å². The minimum Gasteiger partial charge on any atom is -0.353 e. The molecule has 0 aromatic heterocycles. The molecule has 1 aliphatic carbocycles. The third kappa shape index (κ3) is 6.16. The predicted octanol–water partition coefficient (Wildman–Crippen LogP) is 2.28. The van der Waals surface area contributed by atoms with Gasteiger partial charge in [-0.2, -0.15) is 13.2 Å². The Morgan fingerprint density at radius 1 is 1.13 bits per heavy atom. The van der Waals surface area contributed by atoms with Gasteiger partial charge in [-0.15, -0.1) is 0 Å². The van der Waals surface area contributed by atoms with E-state index in [-0.39, 0.29) is 17.4 Å². The predicted molar refractivity (Wildman–Crippen MR) is 107 cm³/mol. The molecule has 2 amide bonds. The highest BCUT2D eigenvalue weighted by Gasteiger charge is 2.39. The largest absolute Gasteiger partial charge is 0.416 e. The molecule has 172 valence electrons. The third-order valence-corrected chi connectivity index (χ3v) is 6.16. The van der Waals surface area contributed by atoms with Crippen LogP contribution in [-0.4, -0.2) is 55.0 Å². The van der Waals surface area contributed by atoms with Crippen molar-refractivity contribution in [2.24, 2.45) is 11.7 Å². The van der Waals surface area contributed by atoms with Gasteiger partial charge in [-0.1, -0.05) is 0 Å². The smallest absolute Gasteiger partial charge is 0.353 e. The molecule has 0 atom stereocenters. The lowest BCUT2D eigenvalue weighted by Gasteiger charge is -2.37. The average molecular weight is 444 g/mol. The van der Waals surface area contributed by atoms with Gasteiger partial charge in [0.2, 0.25) is 5.91 Å². The number of amides is 2. The van der Waals surface area contributed by atoms with E-state index in [1.54, 1.807) is 0 Å². The molecule has 1 aliphatic heterocycles. The van der Waals surface area contributed by atoms with Gasteiger partial charge in [0.05, 0.1) is 11.1 Å². The van der Waals surface area contributed by atoms with Crippen LogP contribution in [-0.2, 0) is 11.0 Å². The molecule has 10 heteroatoms. The molecule has 1 saturated heterocycles. The molecule has 1 saturated carbocycles. The van der Waals surface area contributed by atoms with E-state index in [0.29, 0.717) is 31.8 Å². The summed E-state index contributed by atoms with van der Waals surface area (Å²) in [6.07, 6.45) is -0.660. The maximum atomic E-state index is 13.5. The molecule has 1 heterocycles. The normalized spacial score (nSPS) is 19.5. The van der Waals surface area contributed by atoms with Crippen molar-refractivity contribution in [1.82, 2.24) is 15.5 Å². The van der Waals surface area contributed by atoms with Crippen molar-refractivity contribution >= 4 is 11.8 Å². The van der Waals surface area contributed by atoms with Crippen molar-refractivity contribution in [3.05, 3.63) is 35.1 Å². The number of nitrogens with one attached hydrogen (secondary N) is 2. The topological polar surface area (TPSA) is 87.5 Å². The second kappa shape index (κ2) is 9.52. The fourth-order valence-corrected chi connectivity index (χ4v) is 3.93. The van der Waals surface area contributed by atoms with E-state index >= 15 is 0 Å². The van der Waals surface area contributed by atoms with E-state index in [2.05, 4.69) is 15.5 Å². The number of nitrogens with two attached hydrogens (primary N) is 1. The van der Waals surface area contributed by atoms with Crippen LogP contribution in [0.1, 0.15) is 48.0 Å². The summed E-state index contributed by atoms with van der Waals surface area (Å²) in [5.74, 6) is -1.73. The molecule has 6 nitrogen and oxygen atoms in total. The molecule has 0 unspecified atom stereocenters. The molecule has 1 aromatic rings. The number of piperidine rings is 1. The van der Waals surface area contributed by atoms with Crippen molar-refractivity contribution < 1.29 is 27.2 Å². The minimum absolute atomic E-state index is 0.0950. The zero-order chi connectivity index (χ0) is 22.6. The number of hydrogen-bond donors (Lipinski definition) is 3. The highest BCUT2D eigenvalue weighted by Crippen LogP contribution is 2.30. The Morgan fingerprint density at radius 3 is 2.39 bits per heavy atom. The summed E-state index contributed by atoms with van der Waals surface area (Å²) >= 11 is 0. The zero-order valence-corrected chi connectivity index (χ0v) is 17.2. The van der Waals surface area contributed by atoms with E-state index < -0.39 is 29.0 Å². The fourth-order valence-electron chi connectivity index (χ4n) is 3.93. The van der Waals surface area contributed by atoms with E-state index in [4.69, 9.17) is 5.73 Å². The number of likely N-dealkylation sites (tertiary alicyclic amines) is 1. The van der Waals surface area contributed by atoms with E-state index in [9.17, 15) is 27.2 Å². The molecule has 3 rings (SSSR count). The first kappa shape index (κ1) is 23.5. The Morgan fingerprint density at radius 2 is 1.81 bits per heavy atom. The number of carbonyl (C=O) groups excluding carboxylic acids is 2. The van der Waals surface area contributed by atoms with Crippen LogP contribution >= 0.6 is 0 Å². The SMILES string of the molecule is NC1(C(=O)NCCN2CCC(CNC(=O)c3cc(F)cc(C(F)(F)F)c3)CC2)CCC1. The molecule has 1 aromatic carbocycles. The van der Waals surface area contributed by atoms with Crippen LogP contribution in [0, 0.1) is 11.7 Å². The summed E-state index contributed by atoms with van der Waals surface area (Å²) in [5, 5.41) is 5.50. The number of carbonyl (C=O) groups is 2. The number of alkyl halides is 3. The first-order valence-electron chi connectivity index (χ1n) is 10.5. The third-order valence-electron chi connectivity index (χ3n) is 6.16. The average Bonchev–Trinajstić information content (AvgIpc) is 2.70. The quantitative estimate of drug-likeness (QED) is 0.563. The van der Waals surface area contributed by atoms with Gasteiger partial charge < -0.3 is 21.3 Å². The van der Waals surface area contributed by atoms with Crippen LogP contribution in [0.2, 0.25) is 0 Å². The van der Waals surface area contributed by atoms with Gasteiger partial charge in [-0.05, 0) is 69.3 Å². The van der Waals surface area contributed by atoms with Crippen LogP contribution in [0.3, 0.4) is 0 Å². The molecule has 2 aliphatic rings. The van der Waals surface area contributed by atoms with Gasteiger partial charge in [0.15, 0.2) is 0 Å². The van der Waals surface area contributed by atoms with Crippen molar-refractivity contribution in [1.29, 1.82) is 0 Å². The van der Waals surface area contributed by atoms with Crippen molar-refractivity contribution in [3.63, 3.8) is 0 Å². The summed E-state index contributed by atoms with van der Waals surface area (Å²) < 4.78 is 51.9. The Hall–Kier alpha value is -2.20. The summed E-state index contributed by atoms with van der Waals surface area (Å²) in [7, 11) is 0. The maximum absolute atomic E-state index is 13.5. The second-order valence-electron chi connectivity index (χ2n) is 8.49. The molecular weight excluding hydrogens is 416 g/mol. The maximum Gasteiger partial charge on any atom is 0.416 e. The first-order valence-corrected chi connectivity index (χ1v) is 10.5. The lowest BCUT2D eigenvalue weighted by molar-refractivity contribution is -0.137. The lowest BCUT2D eigenvalue weighted by Crippen LogP contribution is -2.59. The van der Waals surface area contributed by atoms with E-state index in [1.165, 1.54) is 0 Å². The number of nitrogens with zero attached hydrogens (tertiary/aromatic N) is 1. The summed E-state index contributed by atoms with van der Waals surface area (Å²) in [4.78, 5) is 26.4. The fraction of sp³-hybridized carbons (Fsp3) is 0.619. The molecule has 2 fully saturated rings. The number of rotatable bonds is 7. The van der Waals surface area contributed by atoms with Crippen LogP contribution in [0.15, 0.2) is 18.2 Å². The summed E-state index contributed by atoms with van der Waals surface area (Å²) in [6, 6.07) is 1.83. The lowest BCUT2D eigenvalue weighted by atomic mass is 9.77. The van der Waals surface area contributed by atoms with Crippen molar-refractivity contribution in [2.45, 2.75) is 43.8 Å². The minimum atomic E-state index is -4.72. The Kier molecular flexibility index (Phi) is 7.20. The number of hydrogen-bond acceptors (Lipinski definition) is 4. The highest BCUT2D eigenvalue weighted by atomic mass is 19.4. The number of benzene rings is 1. The highest BCUT2D eigenvalue weighted by molar-refractivity contribution is 5.94. The Labute approximate surface area is 178 Å². The van der Waals surface area contributed by atoms with Gasteiger partial charge in [0.25, 0.3) is 5.91 Å². The van der Waals surface area contributed by atoms with E-state index in [1.807, 2.05) is 0 Å². The molecule has 4 N–H and O–H groups in total. The Bertz CT molecular complexity index is 803. The van der Waals surface area contributed by atoms with Crippen LogP contribution in [0.5, 0.6) is 0 Å². The first-order chi connectivity index (χ1) is 14.6. The van der Waals surface area contributed by atoms with Gasteiger partial charge in [0, 0.05) is 25.2 Å². The monoisotopic (exact) mass is 444 g/mol. The molecule has 0 spiro atoms. The summed E-state index contributed by atoms with van der Waals surface area (Å²) in [5.41, 5.74) is 3.76. The molecule has 31 heavy (non-hydrogen) atoms. The molecule has 0 bridgehead atoms. The second-order valence-corrected chi connectivity index (χ2v) is 8.49. The van der Waals surface area contributed by atoms with Crippen molar-refractivity contribution in [2.75, 3.05) is 32.7 Å². The van der Waals surface area contributed by atoms with Crippen LogP contribution in [0.25, 0.3) is 0 Å². The van der Waals surface area contributed by atoms with Gasteiger partial charge in [-0.3, -0.25) is 9.59 Å². The van der Waals surface area contributed by atoms with Crippen LogP contribution < -0.4 is 16.4 Å². The standard InChI is InChI=1S/C21H28F4N4O2/c22-17-11-15(10-16(12-17)21(23,24)25)18(30)28-13-14-2-7-29(8-3-14)9-6-27-19(31)20(26)4-1-5-20/h10-12,14H,1-9,13,26H2,(H,27,31)(H,28,30). The van der Waals surface area contributed by atoms with Gasteiger partial charge in [0.1, 0.15) is 5.82 Å². The van der Waals surface area contributed by atoms with Gasteiger partial charge >= 0.3 is 6.18 Å². The zero-order valence-electron chi connectivity index (χ0n) is 17.2. The van der Waals surface area contributed by atoms with E-state index in [0.717, 1.165) is 51.3 Å². The number of halogens is 4. The van der Waals surface area contributed by atoms with Gasteiger partial charge in [-0.25, -0.2) is 4.39 Å². The Balaban J connectivity index is 1.38. The molecular formula is C21H28F4N4O2. The summed E-state index contributed by atoms with van der Waals surface area (Å²) in [6.45, 7) is 3.15. The van der Waals surface area contributed by atoms with Crippen molar-refractivity contribution in [3.8, 4) is 0 Å².